The molecule has 4 rings (SSSR count). The summed E-state index contributed by atoms with van der Waals surface area (Å²) in [6, 6.07) is 12.7. The van der Waals surface area contributed by atoms with Gasteiger partial charge in [-0.3, -0.25) is 0 Å². The van der Waals surface area contributed by atoms with Gasteiger partial charge in [0.25, 0.3) is 0 Å². The molecule has 0 bridgehead atoms. The molecule has 0 aliphatic heterocycles. The normalized spacial score (nSPS) is 15.2. The molecule has 38 heavy (non-hydrogen) atoms. The largest absolute Gasteiger partial charge is 0.147 e. The molecule has 2 aromatic rings. The predicted octanol–water partition coefficient (Wildman–Crippen LogP) is 9.55. The topological polar surface area (TPSA) is 0 Å². The van der Waals surface area contributed by atoms with Gasteiger partial charge in [0, 0.05) is 0 Å². The average molecular weight is 651 g/mol. The van der Waals surface area contributed by atoms with Gasteiger partial charge in [-0.15, -0.1) is 24.8 Å². The standard InChI is InChI=1S/C21H25.C5H5.2C4H9.2ClH.H2Si.Zr/c1-20(2,3)16-9-7-14-11-15-8-10-17(21(4,5)6)13-19(15)18(14)12-16;1-2-4-5-3-1;2*1-4(2)3;;;;/h7,9-10,12-13H,11H2,1-6H3;1-3H,4H2;2*4H,1H2,2-3H3;2*1H;1H2;. The summed E-state index contributed by atoms with van der Waals surface area (Å²) in [5, 5.41) is 0. The van der Waals surface area contributed by atoms with E-state index in [9.17, 15) is 0 Å². The van der Waals surface area contributed by atoms with E-state index in [4.69, 9.17) is 0 Å². The maximum atomic E-state index is 2.73. The van der Waals surface area contributed by atoms with Crippen molar-refractivity contribution >= 4 is 35.0 Å². The molecule has 210 valence electrons. The van der Waals surface area contributed by atoms with Crippen LogP contribution in [0.4, 0.5) is 0 Å². The van der Waals surface area contributed by atoms with Gasteiger partial charge in [-0.2, -0.15) is 0 Å². The molecule has 0 radical (unpaired) electrons. The van der Waals surface area contributed by atoms with Crippen molar-refractivity contribution in [1.29, 1.82) is 0 Å². The van der Waals surface area contributed by atoms with E-state index in [1.54, 1.807) is 11.1 Å². The Morgan fingerprint density at radius 3 is 1.82 bits per heavy atom. The van der Waals surface area contributed by atoms with Crippen LogP contribution in [0.5, 0.6) is 0 Å². The third-order valence-corrected chi connectivity index (χ3v) is 35.7. The molecule has 0 atom stereocenters. The zero-order valence-electron chi connectivity index (χ0n) is 25.6. The average Bonchev–Trinajstić information content (AvgIpc) is 3.39. The Labute approximate surface area is 248 Å². The Morgan fingerprint density at radius 2 is 1.34 bits per heavy atom. The van der Waals surface area contributed by atoms with Gasteiger partial charge in [0.2, 0.25) is 0 Å². The fourth-order valence-corrected chi connectivity index (χ4v) is 37.7. The quantitative estimate of drug-likeness (QED) is 0.233. The van der Waals surface area contributed by atoms with E-state index in [1.165, 1.54) is 36.9 Å². The zero-order valence-corrected chi connectivity index (χ0v) is 31.1. The third kappa shape index (κ3) is 6.10. The van der Waals surface area contributed by atoms with Gasteiger partial charge < -0.3 is 0 Å². The van der Waals surface area contributed by atoms with Gasteiger partial charge in [0.05, 0.1) is 0 Å². The van der Waals surface area contributed by atoms with Gasteiger partial charge in [0.1, 0.15) is 0 Å². The second-order valence-corrected chi connectivity index (χ2v) is 39.6. The second-order valence-electron chi connectivity index (χ2n) is 15.1. The molecule has 0 nitrogen and oxygen atoms in total. The Morgan fingerprint density at radius 1 is 0.789 bits per heavy atom. The number of rotatable bonds is 6. The first-order valence-electron chi connectivity index (χ1n) is 14.3. The minimum absolute atomic E-state index is 0. The van der Waals surface area contributed by atoms with Gasteiger partial charge in [-0.25, -0.2) is 0 Å². The molecule has 0 amide bonds. The third-order valence-electron chi connectivity index (χ3n) is 8.87. The van der Waals surface area contributed by atoms with Crippen molar-refractivity contribution in [3.8, 4) is 11.1 Å². The van der Waals surface area contributed by atoms with Gasteiger partial charge in [-0.05, 0) is 0 Å². The van der Waals surface area contributed by atoms with Crippen LogP contribution in [0.3, 0.4) is 0 Å². The van der Waals surface area contributed by atoms with E-state index in [0.717, 1.165) is 6.42 Å². The Bertz CT molecular complexity index is 1300. The first kappa shape index (κ1) is 33.8. The van der Waals surface area contributed by atoms with E-state index in [-0.39, 0.29) is 35.6 Å². The van der Waals surface area contributed by atoms with Crippen LogP contribution in [-0.4, -0.2) is 6.88 Å². The van der Waals surface area contributed by atoms with Crippen LogP contribution in [0.25, 0.3) is 11.1 Å². The fraction of sp³-hybridized carbons (Fsp3) is 0.529. The zero-order chi connectivity index (χ0) is 26.7. The molecule has 0 spiro atoms. The SMILES string of the molecule is CC(C)[CH2][Zr](=[SiH2])([CH2]C(C)C)([C]1=CC=CC1)[c]1cc(C(C)(C)C)cc2c1Cc1ccc(C(C)(C)C)cc1-2.Cl.Cl. The number of halogens is 2. The van der Waals surface area contributed by atoms with Crippen LogP contribution < -0.4 is 3.27 Å². The van der Waals surface area contributed by atoms with Crippen molar-refractivity contribution in [2.45, 2.75) is 101 Å². The van der Waals surface area contributed by atoms with Crippen LogP contribution in [0.1, 0.15) is 97.9 Å². The summed E-state index contributed by atoms with van der Waals surface area (Å²) in [5.74, 6) is 1.41. The molecular weight excluding hydrogens is 599 g/mol. The van der Waals surface area contributed by atoms with E-state index in [0.29, 0.717) is 11.8 Å². The Kier molecular flexibility index (Phi) is 10.2. The number of hydrogen-bond donors (Lipinski definition) is 0. The smallest absolute Gasteiger partial charge is 0.147 e. The molecule has 0 fully saturated rings. The Hall–Kier alpha value is -0.400. The molecular formula is C34H52Cl2SiZr. The monoisotopic (exact) mass is 648 g/mol. The van der Waals surface area contributed by atoms with Crippen LogP contribution >= 0.6 is 24.8 Å². The fourth-order valence-electron chi connectivity index (χ4n) is 7.40. The van der Waals surface area contributed by atoms with Gasteiger partial charge in [0.15, 0.2) is 0 Å². The van der Waals surface area contributed by atoms with Crippen LogP contribution in [0.2, 0.25) is 8.26 Å². The molecule has 0 heterocycles. The van der Waals surface area contributed by atoms with E-state index < -0.39 is 17.4 Å². The van der Waals surface area contributed by atoms with E-state index in [1.807, 2.05) is 6.55 Å². The maximum Gasteiger partial charge on any atom is -0.147 e. The van der Waals surface area contributed by atoms with Crippen molar-refractivity contribution in [2.24, 2.45) is 11.8 Å². The van der Waals surface area contributed by atoms with E-state index >= 15 is 0 Å². The summed E-state index contributed by atoms with van der Waals surface area (Å²) < 4.78 is 6.45. The van der Waals surface area contributed by atoms with Gasteiger partial charge in [-0.1, -0.05) is 0 Å². The summed E-state index contributed by atoms with van der Waals surface area (Å²) in [6.45, 7) is 26.7. The van der Waals surface area contributed by atoms with Crippen molar-refractivity contribution in [1.82, 2.24) is 0 Å². The molecule has 2 aliphatic rings. The van der Waals surface area contributed by atoms with Crippen molar-refractivity contribution < 1.29 is 17.4 Å². The molecule has 4 heteroatoms. The predicted molar refractivity (Wildman–Crippen MR) is 176 cm³/mol. The minimum Gasteiger partial charge on any atom is -0.147 e. The summed E-state index contributed by atoms with van der Waals surface area (Å²) in [4.78, 5) is 0. The second kappa shape index (κ2) is 11.5. The Balaban J connectivity index is 0.00000253. The molecule has 0 saturated heterocycles. The number of benzene rings is 2. The first-order chi connectivity index (χ1) is 16.5. The summed E-state index contributed by atoms with van der Waals surface area (Å²) in [5.41, 5.74) is 9.53. The van der Waals surface area contributed by atoms with Crippen molar-refractivity contribution in [2.75, 3.05) is 0 Å². The molecule has 0 saturated carbocycles. The molecule has 0 N–H and O–H groups in total. The summed E-state index contributed by atoms with van der Waals surface area (Å²) in [6.07, 6.45) is 9.61. The van der Waals surface area contributed by atoms with Crippen LogP contribution in [0, 0.1) is 11.8 Å². The van der Waals surface area contributed by atoms with Crippen molar-refractivity contribution in [3.05, 3.63) is 74.1 Å². The summed E-state index contributed by atoms with van der Waals surface area (Å²) >= 11 is -3.64. The van der Waals surface area contributed by atoms with Gasteiger partial charge >= 0.3 is 226 Å². The summed E-state index contributed by atoms with van der Waals surface area (Å²) in [7, 11) is 0. The van der Waals surface area contributed by atoms with Crippen LogP contribution in [-0.2, 0) is 34.6 Å². The van der Waals surface area contributed by atoms with Crippen molar-refractivity contribution in [3.63, 3.8) is 0 Å². The maximum absolute atomic E-state index is 3.64. The number of allylic oxidation sites excluding steroid dienone is 4. The minimum atomic E-state index is -3.64. The molecule has 0 unspecified atom stereocenters. The van der Waals surface area contributed by atoms with Crippen LogP contribution in [0.15, 0.2) is 51.8 Å². The number of fused-ring (bicyclic) bond motifs is 3. The molecule has 2 aromatic carbocycles. The molecule has 2 aliphatic carbocycles. The number of hydrogen-bond acceptors (Lipinski definition) is 0. The first-order valence-corrected chi connectivity index (χ1v) is 26.1. The molecule has 0 aromatic heterocycles. The van der Waals surface area contributed by atoms with E-state index in [2.05, 4.69) is 125 Å².